The zero-order valence-corrected chi connectivity index (χ0v) is 20.9. The van der Waals surface area contributed by atoms with Crippen molar-refractivity contribution in [1.29, 1.82) is 0 Å². The van der Waals surface area contributed by atoms with Crippen LogP contribution in [0.5, 0.6) is 0 Å². The van der Waals surface area contributed by atoms with Gasteiger partial charge < -0.3 is 20.4 Å². The second kappa shape index (κ2) is 8.66. The van der Waals surface area contributed by atoms with Crippen LogP contribution in [-0.4, -0.2) is 44.8 Å². The van der Waals surface area contributed by atoms with Crippen molar-refractivity contribution in [3.05, 3.63) is 12.2 Å². The second-order valence-corrected chi connectivity index (χ2v) is 12.8. The molecule has 4 aliphatic carbocycles. The van der Waals surface area contributed by atoms with Crippen molar-refractivity contribution in [2.24, 2.45) is 46.3 Å². The number of allylic oxidation sites excluding steroid dienone is 1. The molecule has 4 aliphatic rings. The third kappa shape index (κ3) is 3.54. The smallest absolute Gasteiger partial charge is 0.101 e. The summed E-state index contributed by atoms with van der Waals surface area (Å²) >= 11 is 0. The third-order valence-corrected chi connectivity index (χ3v) is 11.3. The summed E-state index contributed by atoms with van der Waals surface area (Å²) in [6.07, 6.45) is 7.53. The van der Waals surface area contributed by atoms with Gasteiger partial charge in [-0.25, -0.2) is 0 Å². The Hall–Kier alpha value is -0.420. The lowest BCUT2D eigenvalue weighted by Gasteiger charge is -2.65. The second-order valence-electron chi connectivity index (χ2n) is 12.8. The van der Waals surface area contributed by atoms with Gasteiger partial charge in [0.2, 0.25) is 0 Å². The number of hydrogen-bond donors (Lipinski definition) is 4. The van der Waals surface area contributed by atoms with Gasteiger partial charge in [-0.05, 0) is 98.7 Å². The van der Waals surface area contributed by atoms with Gasteiger partial charge >= 0.3 is 0 Å². The maximum absolute atomic E-state index is 11.7. The average Bonchev–Trinajstić information content (AvgIpc) is 3.09. The van der Waals surface area contributed by atoms with Gasteiger partial charge in [0, 0.05) is 11.8 Å². The zero-order chi connectivity index (χ0) is 23.5. The SMILES string of the molecule is C=C(CC[C@@H](C)[C@H]1CC[C@H]2[C@@H]3CC(O)[C@@]4(O)CC(O)CC[C@]4(CO)[C@H]3CC[C@]12C)C(C)C. The molecule has 4 rings (SSSR count). The van der Waals surface area contributed by atoms with Crippen LogP contribution in [0.4, 0.5) is 0 Å². The number of aliphatic hydroxyl groups is 4. The van der Waals surface area contributed by atoms with Crippen LogP contribution in [0, 0.1) is 46.3 Å². The monoisotopic (exact) mass is 448 g/mol. The molecule has 2 unspecified atom stereocenters. The van der Waals surface area contributed by atoms with Gasteiger partial charge in [0.1, 0.15) is 5.60 Å². The molecule has 0 saturated heterocycles. The molecule has 0 amide bonds. The Morgan fingerprint density at radius 2 is 1.75 bits per heavy atom. The first-order valence-corrected chi connectivity index (χ1v) is 13.4. The first-order chi connectivity index (χ1) is 15.0. The maximum atomic E-state index is 11.7. The van der Waals surface area contributed by atoms with Crippen LogP contribution in [-0.2, 0) is 0 Å². The van der Waals surface area contributed by atoms with E-state index in [-0.39, 0.29) is 24.4 Å². The molecule has 32 heavy (non-hydrogen) atoms. The Bertz CT molecular complexity index is 706. The van der Waals surface area contributed by atoms with E-state index in [4.69, 9.17) is 0 Å². The Morgan fingerprint density at radius 3 is 2.41 bits per heavy atom. The van der Waals surface area contributed by atoms with Gasteiger partial charge in [-0.1, -0.05) is 39.8 Å². The summed E-state index contributed by atoms with van der Waals surface area (Å²) in [5, 5.41) is 43.8. The maximum Gasteiger partial charge on any atom is 0.101 e. The highest BCUT2D eigenvalue weighted by atomic mass is 16.4. The van der Waals surface area contributed by atoms with Crippen LogP contribution in [0.3, 0.4) is 0 Å². The van der Waals surface area contributed by atoms with E-state index in [1.54, 1.807) is 0 Å². The lowest BCUT2D eigenvalue weighted by Crippen LogP contribution is -2.70. The Kier molecular flexibility index (Phi) is 6.68. The molecule has 0 aromatic rings. The Balaban J connectivity index is 1.56. The molecule has 4 N–H and O–H groups in total. The minimum absolute atomic E-state index is 0.0883. The van der Waals surface area contributed by atoms with Crippen molar-refractivity contribution < 1.29 is 20.4 Å². The summed E-state index contributed by atoms with van der Waals surface area (Å²) in [6.45, 7) is 13.6. The van der Waals surface area contributed by atoms with E-state index in [0.717, 1.165) is 19.3 Å². The number of rotatable bonds is 6. The van der Waals surface area contributed by atoms with E-state index in [0.29, 0.717) is 48.9 Å². The van der Waals surface area contributed by atoms with Crippen molar-refractivity contribution in [2.45, 2.75) is 110 Å². The first kappa shape index (κ1) is 24.7. The predicted molar refractivity (Wildman–Crippen MR) is 128 cm³/mol. The Morgan fingerprint density at radius 1 is 1.03 bits per heavy atom. The van der Waals surface area contributed by atoms with E-state index in [1.807, 2.05) is 0 Å². The molecule has 4 nitrogen and oxygen atoms in total. The molecular formula is C28H48O4. The fraction of sp³-hybridized carbons (Fsp3) is 0.929. The molecule has 0 radical (unpaired) electrons. The first-order valence-electron chi connectivity index (χ1n) is 13.4. The molecule has 0 bridgehead atoms. The lowest BCUT2D eigenvalue weighted by atomic mass is 9.42. The Labute approximate surface area is 195 Å². The van der Waals surface area contributed by atoms with Crippen LogP contribution >= 0.6 is 0 Å². The molecule has 0 spiro atoms. The number of hydrogen-bond acceptors (Lipinski definition) is 4. The molecule has 10 atom stereocenters. The largest absolute Gasteiger partial charge is 0.396 e. The summed E-state index contributed by atoms with van der Waals surface area (Å²) in [4.78, 5) is 0. The molecule has 4 heteroatoms. The highest BCUT2D eigenvalue weighted by Gasteiger charge is 2.69. The van der Waals surface area contributed by atoms with Crippen LogP contribution in [0.2, 0.25) is 0 Å². The van der Waals surface area contributed by atoms with Crippen molar-refractivity contribution in [1.82, 2.24) is 0 Å². The molecule has 0 aromatic carbocycles. The minimum atomic E-state index is -1.36. The van der Waals surface area contributed by atoms with Crippen LogP contribution in [0.25, 0.3) is 0 Å². The number of aliphatic hydroxyl groups excluding tert-OH is 3. The normalized spacial score (nSPS) is 49.3. The van der Waals surface area contributed by atoms with Gasteiger partial charge in [0.15, 0.2) is 0 Å². The van der Waals surface area contributed by atoms with E-state index < -0.39 is 23.2 Å². The van der Waals surface area contributed by atoms with Crippen molar-refractivity contribution >= 4 is 0 Å². The van der Waals surface area contributed by atoms with Gasteiger partial charge in [-0.2, -0.15) is 0 Å². The third-order valence-electron chi connectivity index (χ3n) is 11.3. The summed E-state index contributed by atoms with van der Waals surface area (Å²) in [6, 6.07) is 0. The summed E-state index contributed by atoms with van der Waals surface area (Å²) in [5.74, 6) is 3.06. The summed E-state index contributed by atoms with van der Waals surface area (Å²) < 4.78 is 0. The van der Waals surface area contributed by atoms with Gasteiger partial charge in [-0.3, -0.25) is 0 Å². The van der Waals surface area contributed by atoms with Crippen LogP contribution < -0.4 is 0 Å². The van der Waals surface area contributed by atoms with Crippen molar-refractivity contribution in [2.75, 3.05) is 6.61 Å². The van der Waals surface area contributed by atoms with Gasteiger partial charge in [0.25, 0.3) is 0 Å². The molecule has 4 saturated carbocycles. The zero-order valence-electron chi connectivity index (χ0n) is 20.9. The number of fused-ring (bicyclic) bond motifs is 5. The summed E-state index contributed by atoms with van der Waals surface area (Å²) in [5.41, 5.74) is -0.398. The molecule has 4 fully saturated rings. The molecule has 0 heterocycles. The van der Waals surface area contributed by atoms with E-state index in [2.05, 4.69) is 34.3 Å². The molecule has 0 aromatic heterocycles. The van der Waals surface area contributed by atoms with E-state index in [1.165, 1.54) is 24.8 Å². The highest BCUT2D eigenvalue weighted by Crippen LogP contribution is 2.69. The quantitative estimate of drug-likeness (QED) is 0.444. The van der Waals surface area contributed by atoms with Crippen LogP contribution in [0.15, 0.2) is 12.2 Å². The predicted octanol–water partition coefficient (Wildman–Crippen LogP) is 4.69. The topological polar surface area (TPSA) is 80.9 Å². The molecular weight excluding hydrogens is 400 g/mol. The highest BCUT2D eigenvalue weighted by molar-refractivity contribution is 5.18. The fourth-order valence-corrected chi connectivity index (χ4v) is 9.25. The van der Waals surface area contributed by atoms with Crippen LogP contribution in [0.1, 0.15) is 91.9 Å². The molecule has 0 aliphatic heterocycles. The van der Waals surface area contributed by atoms with E-state index in [9.17, 15) is 20.4 Å². The molecule has 184 valence electrons. The lowest BCUT2D eigenvalue weighted by molar-refractivity contribution is -0.280. The minimum Gasteiger partial charge on any atom is -0.396 e. The summed E-state index contributed by atoms with van der Waals surface area (Å²) in [7, 11) is 0. The van der Waals surface area contributed by atoms with Crippen molar-refractivity contribution in [3.63, 3.8) is 0 Å². The average molecular weight is 449 g/mol. The fourth-order valence-electron chi connectivity index (χ4n) is 9.25. The van der Waals surface area contributed by atoms with Gasteiger partial charge in [0.05, 0.1) is 18.8 Å². The van der Waals surface area contributed by atoms with E-state index >= 15 is 0 Å². The van der Waals surface area contributed by atoms with Crippen molar-refractivity contribution in [3.8, 4) is 0 Å². The van der Waals surface area contributed by atoms with Gasteiger partial charge in [-0.15, -0.1) is 0 Å². The standard InChI is InChI=1S/C28H48O4/c1-17(2)18(3)6-7-19(4)22-8-9-23-21-14-25(31)28(32)15-20(30)10-13-27(28,16-29)24(21)11-12-26(22,23)5/h17,19-25,29-32H,3,6-16H2,1-2,4-5H3/t19-,20?,21+,22-,23+,24+,25?,26-,27+,28+/m1/s1.